The molecule has 0 atom stereocenters. The van der Waals surface area contributed by atoms with E-state index in [4.69, 9.17) is 15.3 Å². The molecule has 0 amide bonds. The van der Waals surface area contributed by atoms with Crippen molar-refractivity contribution >= 4 is 6.29 Å². The van der Waals surface area contributed by atoms with Crippen LogP contribution in [0.5, 0.6) is 11.5 Å². The normalized spacial score (nSPS) is 9.16. The van der Waals surface area contributed by atoms with E-state index in [1.165, 1.54) is 6.07 Å². The van der Waals surface area contributed by atoms with Gasteiger partial charge in [-0.05, 0) is 36.4 Å². The molecule has 19 heavy (non-hydrogen) atoms. The van der Waals surface area contributed by atoms with Crippen LogP contribution >= 0.6 is 0 Å². The summed E-state index contributed by atoms with van der Waals surface area (Å²) < 4.78 is 5.55. The second kappa shape index (κ2) is 5.48. The molecule has 4 nitrogen and oxygen atoms in total. The second-order valence-corrected chi connectivity index (χ2v) is 3.73. The average molecular weight is 248 g/mol. The topological polar surface area (TPSA) is 73.9 Å². The molecule has 0 heterocycles. The molecule has 0 unspecified atom stereocenters. The Hall–Kier alpha value is -3.11. The number of ether oxygens (including phenoxy) is 1. The smallest absolute Gasteiger partial charge is 0.150 e. The fourth-order valence-electron chi connectivity index (χ4n) is 1.55. The molecule has 0 N–H and O–H groups in total. The molecular formula is C15H8N2O2. The first-order chi connectivity index (χ1) is 9.26. The standard InChI is InChI=1S/C15H8N2O2/c16-8-11-2-1-3-14(7-11)19-15-5-4-12(10-18)6-13(15)9-17/h1-7,10H. The van der Waals surface area contributed by atoms with Gasteiger partial charge in [-0.1, -0.05) is 6.07 Å². The molecular weight excluding hydrogens is 240 g/mol. The van der Waals surface area contributed by atoms with Crippen LogP contribution < -0.4 is 4.74 Å². The SMILES string of the molecule is N#Cc1cccc(Oc2ccc(C=O)cc2C#N)c1. The summed E-state index contributed by atoms with van der Waals surface area (Å²) in [4.78, 5) is 10.6. The lowest BCUT2D eigenvalue weighted by Gasteiger charge is -2.07. The van der Waals surface area contributed by atoms with E-state index in [1.807, 2.05) is 12.1 Å². The summed E-state index contributed by atoms with van der Waals surface area (Å²) in [7, 11) is 0. The van der Waals surface area contributed by atoms with Crippen LogP contribution in [0.25, 0.3) is 0 Å². The molecule has 0 bridgehead atoms. The first-order valence-electron chi connectivity index (χ1n) is 5.44. The van der Waals surface area contributed by atoms with Crippen LogP contribution in [0, 0.1) is 22.7 Å². The van der Waals surface area contributed by atoms with Crippen molar-refractivity contribution in [2.45, 2.75) is 0 Å². The van der Waals surface area contributed by atoms with E-state index < -0.39 is 0 Å². The number of nitriles is 2. The van der Waals surface area contributed by atoms with Crippen molar-refractivity contribution < 1.29 is 9.53 Å². The number of hydrogen-bond donors (Lipinski definition) is 0. The molecule has 2 aromatic carbocycles. The van der Waals surface area contributed by atoms with Gasteiger partial charge in [0.1, 0.15) is 23.9 Å². The monoisotopic (exact) mass is 248 g/mol. The summed E-state index contributed by atoms with van der Waals surface area (Å²) in [6, 6.07) is 15.2. The van der Waals surface area contributed by atoms with Gasteiger partial charge in [-0.25, -0.2) is 0 Å². The molecule has 90 valence electrons. The van der Waals surface area contributed by atoms with Crippen LogP contribution in [0.4, 0.5) is 0 Å². The number of carbonyl (C=O) groups excluding carboxylic acids is 1. The number of aldehydes is 1. The quantitative estimate of drug-likeness (QED) is 0.782. The summed E-state index contributed by atoms with van der Waals surface area (Å²) in [6.07, 6.45) is 0.668. The third-order valence-corrected chi connectivity index (χ3v) is 2.45. The van der Waals surface area contributed by atoms with E-state index in [9.17, 15) is 4.79 Å². The molecule has 0 aliphatic carbocycles. The highest BCUT2D eigenvalue weighted by Gasteiger charge is 2.06. The molecule has 0 aliphatic rings. The van der Waals surface area contributed by atoms with Gasteiger partial charge in [0.15, 0.2) is 0 Å². The van der Waals surface area contributed by atoms with Crippen LogP contribution in [0.15, 0.2) is 42.5 Å². The summed E-state index contributed by atoms with van der Waals surface area (Å²) in [5.41, 5.74) is 1.15. The van der Waals surface area contributed by atoms with Gasteiger partial charge < -0.3 is 4.74 Å². The van der Waals surface area contributed by atoms with Gasteiger partial charge in [0.05, 0.1) is 17.2 Å². The van der Waals surface area contributed by atoms with Crippen LogP contribution in [0.1, 0.15) is 21.5 Å². The lowest BCUT2D eigenvalue weighted by Crippen LogP contribution is -1.91. The molecule has 4 heteroatoms. The van der Waals surface area contributed by atoms with Crippen molar-refractivity contribution in [3.05, 3.63) is 59.2 Å². The predicted octanol–water partition coefficient (Wildman–Crippen LogP) is 3.03. The first kappa shape index (κ1) is 12.3. The van der Waals surface area contributed by atoms with E-state index in [1.54, 1.807) is 36.4 Å². The Kier molecular flexibility index (Phi) is 3.56. The lowest BCUT2D eigenvalue weighted by molar-refractivity contribution is 0.112. The maximum atomic E-state index is 10.6. The largest absolute Gasteiger partial charge is 0.456 e. The van der Waals surface area contributed by atoms with E-state index in [2.05, 4.69) is 0 Å². The number of nitrogens with zero attached hydrogens (tertiary/aromatic N) is 2. The van der Waals surface area contributed by atoms with Gasteiger partial charge in [-0.2, -0.15) is 10.5 Å². The van der Waals surface area contributed by atoms with E-state index >= 15 is 0 Å². The highest BCUT2D eigenvalue weighted by molar-refractivity contribution is 5.76. The van der Waals surface area contributed by atoms with Crippen LogP contribution in [-0.4, -0.2) is 6.29 Å². The molecule has 2 aromatic rings. The molecule has 0 radical (unpaired) electrons. The van der Waals surface area contributed by atoms with Gasteiger partial charge in [0.2, 0.25) is 0 Å². The molecule has 2 rings (SSSR count). The van der Waals surface area contributed by atoms with E-state index in [-0.39, 0.29) is 5.56 Å². The first-order valence-corrected chi connectivity index (χ1v) is 5.44. The molecule has 0 spiro atoms. The van der Waals surface area contributed by atoms with Gasteiger partial charge in [-0.15, -0.1) is 0 Å². The fourth-order valence-corrected chi connectivity index (χ4v) is 1.55. The minimum Gasteiger partial charge on any atom is -0.456 e. The summed E-state index contributed by atoms with van der Waals surface area (Å²) in [5, 5.41) is 17.8. The zero-order chi connectivity index (χ0) is 13.7. The Morgan fingerprint density at radius 3 is 2.58 bits per heavy atom. The van der Waals surface area contributed by atoms with Crippen molar-refractivity contribution in [1.29, 1.82) is 10.5 Å². The number of benzene rings is 2. The van der Waals surface area contributed by atoms with Gasteiger partial charge in [0.25, 0.3) is 0 Å². The molecule has 0 saturated carbocycles. The van der Waals surface area contributed by atoms with Gasteiger partial charge in [0, 0.05) is 5.56 Å². The maximum absolute atomic E-state index is 10.6. The Balaban J connectivity index is 2.36. The molecule has 0 fully saturated rings. The number of rotatable bonds is 3. The number of hydrogen-bond acceptors (Lipinski definition) is 4. The third kappa shape index (κ3) is 2.77. The number of carbonyl (C=O) groups is 1. The Bertz CT molecular complexity index is 709. The fraction of sp³-hybridized carbons (Fsp3) is 0. The molecule has 0 aliphatic heterocycles. The van der Waals surface area contributed by atoms with Crippen LogP contribution in [-0.2, 0) is 0 Å². The van der Waals surface area contributed by atoms with E-state index in [0.717, 1.165) is 0 Å². The van der Waals surface area contributed by atoms with Crippen molar-refractivity contribution in [3.63, 3.8) is 0 Å². The minimum absolute atomic E-state index is 0.270. The summed E-state index contributed by atoms with van der Waals surface area (Å²) in [6.45, 7) is 0. The van der Waals surface area contributed by atoms with Crippen molar-refractivity contribution in [2.75, 3.05) is 0 Å². The minimum atomic E-state index is 0.270. The van der Waals surface area contributed by atoms with Gasteiger partial charge in [-0.3, -0.25) is 4.79 Å². The van der Waals surface area contributed by atoms with Crippen molar-refractivity contribution in [1.82, 2.24) is 0 Å². The molecule has 0 aromatic heterocycles. The van der Waals surface area contributed by atoms with E-state index in [0.29, 0.717) is 28.9 Å². The van der Waals surface area contributed by atoms with Gasteiger partial charge >= 0.3 is 0 Å². The summed E-state index contributed by atoms with van der Waals surface area (Å²) in [5.74, 6) is 0.817. The Labute approximate surface area is 110 Å². The maximum Gasteiger partial charge on any atom is 0.150 e. The van der Waals surface area contributed by atoms with Crippen molar-refractivity contribution in [3.8, 4) is 23.6 Å². The zero-order valence-electron chi connectivity index (χ0n) is 9.83. The van der Waals surface area contributed by atoms with Crippen molar-refractivity contribution in [2.24, 2.45) is 0 Å². The van der Waals surface area contributed by atoms with Crippen LogP contribution in [0.2, 0.25) is 0 Å². The highest BCUT2D eigenvalue weighted by atomic mass is 16.5. The van der Waals surface area contributed by atoms with Crippen LogP contribution in [0.3, 0.4) is 0 Å². The third-order valence-electron chi connectivity index (χ3n) is 2.45. The Morgan fingerprint density at radius 1 is 1.05 bits per heavy atom. The summed E-state index contributed by atoms with van der Waals surface area (Å²) >= 11 is 0. The zero-order valence-corrected chi connectivity index (χ0v) is 9.83. The Morgan fingerprint density at radius 2 is 1.89 bits per heavy atom. The predicted molar refractivity (Wildman–Crippen MR) is 67.8 cm³/mol. The lowest BCUT2D eigenvalue weighted by atomic mass is 10.1. The second-order valence-electron chi connectivity index (χ2n) is 3.73. The average Bonchev–Trinajstić information content (AvgIpc) is 2.48. The molecule has 0 saturated heterocycles. The highest BCUT2D eigenvalue weighted by Crippen LogP contribution is 2.26.